The second-order valence-corrected chi connectivity index (χ2v) is 9.20. The molecular formula is C25H39N5O7. The van der Waals surface area contributed by atoms with Gasteiger partial charge >= 0.3 is 11.9 Å². The smallest absolute Gasteiger partial charge is 0.326 e. The molecule has 1 aromatic carbocycles. The van der Waals surface area contributed by atoms with Gasteiger partial charge in [-0.05, 0) is 37.3 Å². The fourth-order valence-electron chi connectivity index (χ4n) is 3.56. The van der Waals surface area contributed by atoms with Crippen molar-refractivity contribution in [3.8, 4) is 0 Å². The molecule has 0 heterocycles. The molecule has 0 aliphatic carbocycles. The number of unbranched alkanes of at least 4 members (excludes halogenated alkanes) is 1. The van der Waals surface area contributed by atoms with Crippen molar-refractivity contribution in [2.24, 2.45) is 17.4 Å². The normalized spacial score (nSPS) is 14.2. The second-order valence-electron chi connectivity index (χ2n) is 9.20. The molecular weight excluding hydrogens is 482 g/mol. The van der Waals surface area contributed by atoms with Crippen molar-refractivity contribution in [3.05, 3.63) is 35.9 Å². The van der Waals surface area contributed by atoms with Gasteiger partial charge in [0.25, 0.3) is 0 Å². The molecule has 0 aliphatic rings. The second kappa shape index (κ2) is 16.3. The lowest BCUT2D eigenvalue weighted by Gasteiger charge is -2.27. The van der Waals surface area contributed by atoms with Gasteiger partial charge in [-0.15, -0.1) is 0 Å². The van der Waals surface area contributed by atoms with Crippen LogP contribution in [0.4, 0.5) is 0 Å². The molecule has 1 aromatic rings. The van der Waals surface area contributed by atoms with Gasteiger partial charge in [0.1, 0.15) is 18.1 Å². The number of carboxylic acids is 2. The highest BCUT2D eigenvalue weighted by Gasteiger charge is 2.32. The minimum atomic E-state index is -1.34. The highest BCUT2D eigenvalue weighted by molar-refractivity contribution is 5.94. The van der Waals surface area contributed by atoms with E-state index >= 15 is 0 Å². The van der Waals surface area contributed by atoms with E-state index in [1.807, 2.05) is 0 Å². The van der Waals surface area contributed by atoms with E-state index in [0.717, 1.165) is 0 Å². The molecule has 12 heteroatoms. The zero-order valence-electron chi connectivity index (χ0n) is 21.3. The monoisotopic (exact) mass is 521 g/mol. The molecule has 4 atom stereocenters. The van der Waals surface area contributed by atoms with Crippen molar-refractivity contribution in [2.75, 3.05) is 6.54 Å². The van der Waals surface area contributed by atoms with E-state index in [-0.39, 0.29) is 18.8 Å². The summed E-state index contributed by atoms with van der Waals surface area (Å²) in [5, 5.41) is 26.1. The molecule has 9 N–H and O–H groups in total. The molecule has 4 unspecified atom stereocenters. The number of carbonyl (C=O) groups is 5. The van der Waals surface area contributed by atoms with Crippen LogP contribution in [0.3, 0.4) is 0 Å². The average molecular weight is 522 g/mol. The van der Waals surface area contributed by atoms with E-state index in [1.165, 1.54) is 0 Å². The van der Waals surface area contributed by atoms with Gasteiger partial charge in [-0.3, -0.25) is 19.2 Å². The van der Waals surface area contributed by atoms with Crippen LogP contribution in [0.25, 0.3) is 0 Å². The van der Waals surface area contributed by atoms with Gasteiger partial charge in [0.15, 0.2) is 0 Å². The summed E-state index contributed by atoms with van der Waals surface area (Å²) in [6.07, 6.45) is 1.01. The molecule has 0 radical (unpaired) electrons. The van der Waals surface area contributed by atoms with Crippen molar-refractivity contribution < 1.29 is 34.2 Å². The molecule has 37 heavy (non-hydrogen) atoms. The maximum Gasteiger partial charge on any atom is 0.326 e. The first-order valence-corrected chi connectivity index (χ1v) is 12.3. The Morgan fingerprint density at radius 3 is 2.00 bits per heavy atom. The Kier molecular flexibility index (Phi) is 13.9. The quantitative estimate of drug-likeness (QED) is 0.134. The molecule has 0 spiro atoms. The lowest BCUT2D eigenvalue weighted by molar-refractivity contribution is -0.143. The summed E-state index contributed by atoms with van der Waals surface area (Å²) in [5.41, 5.74) is 12.0. The summed E-state index contributed by atoms with van der Waals surface area (Å²) >= 11 is 0. The molecule has 0 fully saturated rings. The summed E-state index contributed by atoms with van der Waals surface area (Å²) in [5.74, 6) is -4.94. The number of nitrogens with two attached hydrogens (primary N) is 2. The Morgan fingerprint density at radius 2 is 1.46 bits per heavy atom. The highest BCUT2D eigenvalue weighted by atomic mass is 16.4. The number of rotatable bonds is 17. The van der Waals surface area contributed by atoms with Gasteiger partial charge in [0, 0.05) is 12.8 Å². The summed E-state index contributed by atoms with van der Waals surface area (Å²) in [4.78, 5) is 61.4. The van der Waals surface area contributed by atoms with Crippen LogP contribution < -0.4 is 27.4 Å². The van der Waals surface area contributed by atoms with Crippen LogP contribution in [0.2, 0.25) is 0 Å². The summed E-state index contributed by atoms with van der Waals surface area (Å²) < 4.78 is 0. The van der Waals surface area contributed by atoms with Crippen LogP contribution in [0.1, 0.15) is 51.5 Å². The minimum Gasteiger partial charge on any atom is -0.481 e. The van der Waals surface area contributed by atoms with Crippen molar-refractivity contribution in [3.63, 3.8) is 0 Å². The third-order valence-electron chi connectivity index (χ3n) is 5.73. The van der Waals surface area contributed by atoms with E-state index in [9.17, 15) is 29.1 Å². The number of carbonyl (C=O) groups excluding carboxylic acids is 3. The Morgan fingerprint density at radius 1 is 0.838 bits per heavy atom. The van der Waals surface area contributed by atoms with Crippen LogP contribution in [-0.2, 0) is 30.4 Å². The lowest BCUT2D eigenvalue weighted by atomic mass is 10.0. The summed E-state index contributed by atoms with van der Waals surface area (Å²) in [6, 6.07) is 4.13. The average Bonchev–Trinajstić information content (AvgIpc) is 2.84. The SMILES string of the molecule is CC(C)C(NC(=O)C(N)CCCCN)C(=O)NC(CCC(=O)O)C(=O)NC(Cc1ccccc1)C(=O)O. The molecule has 0 saturated carbocycles. The Labute approximate surface area is 216 Å². The number of aliphatic carboxylic acids is 2. The first-order valence-electron chi connectivity index (χ1n) is 12.3. The Bertz CT molecular complexity index is 910. The zero-order valence-corrected chi connectivity index (χ0v) is 21.3. The predicted molar refractivity (Wildman–Crippen MR) is 136 cm³/mol. The summed E-state index contributed by atoms with van der Waals surface area (Å²) in [6.45, 7) is 3.85. The van der Waals surface area contributed by atoms with Gasteiger partial charge in [0.05, 0.1) is 6.04 Å². The van der Waals surface area contributed by atoms with Crippen LogP contribution in [0.15, 0.2) is 30.3 Å². The van der Waals surface area contributed by atoms with Crippen molar-refractivity contribution in [2.45, 2.75) is 76.5 Å². The highest BCUT2D eigenvalue weighted by Crippen LogP contribution is 2.08. The van der Waals surface area contributed by atoms with Gasteiger partial charge in [-0.25, -0.2) is 4.79 Å². The molecule has 3 amide bonds. The lowest BCUT2D eigenvalue weighted by Crippen LogP contribution is -2.58. The van der Waals surface area contributed by atoms with Gasteiger partial charge in [-0.1, -0.05) is 50.6 Å². The van der Waals surface area contributed by atoms with Crippen LogP contribution in [0, 0.1) is 5.92 Å². The number of hydrogen-bond donors (Lipinski definition) is 7. The van der Waals surface area contributed by atoms with Crippen molar-refractivity contribution in [1.82, 2.24) is 16.0 Å². The number of nitrogens with one attached hydrogen (secondary N) is 3. The first-order chi connectivity index (χ1) is 17.5. The molecule has 12 nitrogen and oxygen atoms in total. The Hall–Kier alpha value is -3.51. The number of carboxylic acid groups (broad SMARTS) is 2. The third-order valence-corrected chi connectivity index (χ3v) is 5.73. The fraction of sp³-hybridized carbons (Fsp3) is 0.560. The molecule has 0 bridgehead atoms. The number of amides is 3. The molecule has 206 valence electrons. The number of benzene rings is 1. The van der Waals surface area contributed by atoms with E-state index in [0.29, 0.717) is 31.4 Å². The third kappa shape index (κ3) is 11.8. The molecule has 0 saturated heterocycles. The first kappa shape index (κ1) is 31.5. The molecule has 0 aliphatic heterocycles. The van der Waals surface area contributed by atoms with E-state index in [2.05, 4.69) is 16.0 Å². The topological polar surface area (TPSA) is 214 Å². The van der Waals surface area contributed by atoms with Gasteiger partial charge < -0.3 is 37.6 Å². The van der Waals surface area contributed by atoms with Gasteiger partial charge in [0.2, 0.25) is 17.7 Å². The zero-order chi connectivity index (χ0) is 28.0. The minimum absolute atomic E-state index is 0.00572. The van der Waals surface area contributed by atoms with Crippen LogP contribution >= 0.6 is 0 Å². The van der Waals surface area contributed by atoms with Crippen molar-refractivity contribution in [1.29, 1.82) is 0 Å². The van der Waals surface area contributed by atoms with Crippen molar-refractivity contribution >= 4 is 29.7 Å². The van der Waals surface area contributed by atoms with Crippen LogP contribution in [0.5, 0.6) is 0 Å². The molecule has 0 aromatic heterocycles. The summed E-state index contributed by atoms with van der Waals surface area (Å²) in [7, 11) is 0. The Balaban J connectivity index is 2.96. The van der Waals surface area contributed by atoms with E-state index in [4.69, 9.17) is 16.6 Å². The number of hydrogen-bond acceptors (Lipinski definition) is 7. The maximum atomic E-state index is 13.0. The molecule has 1 rings (SSSR count). The predicted octanol–water partition coefficient (Wildman–Crippen LogP) is -0.255. The van der Waals surface area contributed by atoms with E-state index < -0.39 is 60.2 Å². The largest absolute Gasteiger partial charge is 0.481 e. The van der Waals surface area contributed by atoms with E-state index in [1.54, 1.807) is 44.2 Å². The standard InChI is InChI=1S/C25H39N5O7/c1-15(2)21(30-22(33)17(27)10-6-7-13-26)24(35)28-18(11-12-20(31)32)23(34)29-19(25(36)37)14-16-8-4-3-5-9-16/h3-5,8-9,15,17-19,21H,6-7,10-14,26-27H2,1-2H3,(H,28,35)(H,29,34)(H,30,33)(H,31,32)(H,36,37). The van der Waals surface area contributed by atoms with Gasteiger partial charge in [-0.2, -0.15) is 0 Å². The maximum absolute atomic E-state index is 13.0. The van der Waals surface area contributed by atoms with Crippen LogP contribution in [-0.4, -0.2) is 70.6 Å². The fourth-order valence-corrected chi connectivity index (χ4v) is 3.56.